The Labute approximate surface area is 108 Å². The van der Waals surface area contributed by atoms with Crippen LogP contribution < -0.4 is 5.73 Å². The zero-order valence-corrected chi connectivity index (χ0v) is 10.9. The molecule has 2 N–H and O–H groups in total. The van der Waals surface area contributed by atoms with Gasteiger partial charge in [0.2, 0.25) is 0 Å². The summed E-state index contributed by atoms with van der Waals surface area (Å²) in [5.74, 6) is -0.803. The van der Waals surface area contributed by atoms with E-state index in [1.165, 1.54) is 0 Å². The summed E-state index contributed by atoms with van der Waals surface area (Å²) in [4.78, 5) is -0.0111. The molecule has 0 bridgehead atoms. The van der Waals surface area contributed by atoms with Crippen LogP contribution in [0.5, 0.6) is 0 Å². The van der Waals surface area contributed by atoms with Gasteiger partial charge in [0.05, 0.1) is 10.6 Å². The summed E-state index contributed by atoms with van der Waals surface area (Å²) < 4.78 is 28.8. The van der Waals surface area contributed by atoms with Crippen molar-refractivity contribution in [1.29, 1.82) is 0 Å². The minimum Gasteiger partial charge on any atom is -0.399 e. The van der Waals surface area contributed by atoms with Crippen molar-refractivity contribution in [2.75, 3.05) is 5.73 Å². The van der Waals surface area contributed by atoms with E-state index in [1.54, 1.807) is 11.7 Å². The zero-order valence-electron chi connectivity index (χ0n) is 10.1. The van der Waals surface area contributed by atoms with Crippen molar-refractivity contribution >= 4 is 17.4 Å². The molecule has 0 atom stereocenters. The number of anilines is 1. The maximum Gasteiger partial charge on any atom is 0.141 e. The number of aryl methyl sites for hydroxylation is 2. The molecule has 96 valence electrons. The molecule has 0 radical (unpaired) electrons. The Hall–Kier alpha value is -1.56. The molecule has 2 rings (SSSR count). The maximum atomic E-state index is 13.6. The molecule has 1 heterocycles. The SMILES string of the molecule is Cc1cc(CSc2c(F)cc(N)cc2F)n(C)n1. The van der Waals surface area contributed by atoms with E-state index in [2.05, 4.69) is 5.10 Å². The number of aromatic nitrogens is 2. The van der Waals surface area contributed by atoms with Crippen LogP contribution in [-0.4, -0.2) is 9.78 Å². The van der Waals surface area contributed by atoms with Crippen molar-refractivity contribution in [3.63, 3.8) is 0 Å². The number of nitrogens with zero attached hydrogens (tertiary/aromatic N) is 2. The Bertz CT molecular complexity index is 558. The second kappa shape index (κ2) is 4.97. The topological polar surface area (TPSA) is 43.8 Å². The summed E-state index contributed by atoms with van der Waals surface area (Å²) >= 11 is 1.10. The van der Waals surface area contributed by atoms with Gasteiger partial charge in [-0.3, -0.25) is 4.68 Å². The second-order valence-corrected chi connectivity index (χ2v) is 4.99. The minimum absolute atomic E-state index is 0.0111. The van der Waals surface area contributed by atoms with Crippen molar-refractivity contribution in [3.05, 3.63) is 41.2 Å². The number of nitrogens with two attached hydrogens (primary N) is 1. The van der Waals surface area contributed by atoms with Gasteiger partial charge in [0.1, 0.15) is 11.6 Å². The Morgan fingerprint density at radius 1 is 1.28 bits per heavy atom. The first kappa shape index (κ1) is 12.9. The standard InChI is InChI=1S/C12H13F2N3S/c1-7-3-9(17(2)16-7)6-18-12-10(13)4-8(15)5-11(12)14/h3-5H,6,15H2,1-2H3. The average molecular weight is 269 g/mol. The van der Waals surface area contributed by atoms with Crippen LogP contribution >= 0.6 is 11.8 Å². The predicted octanol–water partition coefficient (Wildman–Crippen LogP) is 2.88. The lowest BCUT2D eigenvalue weighted by Gasteiger charge is -2.06. The number of halogens is 2. The molecule has 0 fully saturated rings. The maximum absolute atomic E-state index is 13.6. The Morgan fingerprint density at radius 2 is 1.89 bits per heavy atom. The van der Waals surface area contributed by atoms with Crippen molar-refractivity contribution in [2.24, 2.45) is 7.05 Å². The number of thioether (sulfide) groups is 1. The van der Waals surface area contributed by atoms with E-state index in [9.17, 15) is 8.78 Å². The third kappa shape index (κ3) is 2.64. The molecule has 18 heavy (non-hydrogen) atoms. The molecule has 0 saturated heterocycles. The molecule has 0 unspecified atom stereocenters. The van der Waals surface area contributed by atoms with Gasteiger partial charge in [-0.25, -0.2) is 8.78 Å². The predicted molar refractivity (Wildman–Crippen MR) is 68.3 cm³/mol. The van der Waals surface area contributed by atoms with E-state index in [0.29, 0.717) is 5.75 Å². The van der Waals surface area contributed by atoms with Crippen LogP contribution in [0.3, 0.4) is 0 Å². The van der Waals surface area contributed by atoms with Gasteiger partial charge < -0.3 is 5.73 Å². The van der Waals surface area contributed by atoms with E-state index < -0.39 is 11.6 Å². The lowest BCUT2D eigenvalue weighted by Crippen LogP contribution is -1.98. The highest BCUT2D eigenvalue weighted by Crippen LogP contribution is 2.29. The summed E-state index contributed by atoms with van der Waals surface area (Å²) in [7, 11) is 1.80. The highest BCUT2D eigenvalue weighted by Gasteiger charge is 2.12. The molecule has 0 aliphatic heterocycles. The average Bonchev–Trinajstić information content (AvgIpc) is 2.55. The number of benzene rings is 1. The molecular formula is C12H13F2N3S. The Morgan fingerprint density at radius 3 is 2.39 bits per heavy atom. The number of rotatable bonds is 3. The smallest absolute Gasteiger partial charge is 0.141 e. The van der Waals surface area contributed by atoms with Crippen LogP contribution in [0.25, 0.3) is 0 Å². The molecule has 2 aromatic rings. The fourth-order valence-corrected chi connectivity index (χ4v) is 2.62. The first-order chi connectivity index (χ1) is 8.47. The van der Waals surface area contributed by atoms with E-state index in [4.69, 9.17) is 5.73 Å². The first-order valence-corrected chi connectivity index (χ1v) is 6.33. The number of hydrogen-bond donors (Lipinski definition) is 1. The van der Waals surface area contributed by atoms with Crippen LogP contribution in [0.15, 0.2) is 23.1 Å². The van der Waals surface area contributed by atoms with E-state index in [0.717, 1.165) is 35.3 Å². The molecule has 1 aromatic heterocycles. The van der Waals surface area contributed by atoms with Crippen LogP contribution in [0.4, 0.5) is 14.5 Å². The van der Waals surface area contributed by atoms with Crippen molar-refractivity contribution in [1.82, 2.24) is 9.78 Å². The van der Waals surface area contributed by atoms with Crippen molar-refractivity contribution in [2.45, 2.75) is 17.6 Å². The fraction of sp³-hybridized carbons (Fsp3) is 0.250. The van der Waals surface area contributed by atoms with Crippen molar-refractivity contribution < 1.29 is 8.78 Å². The van der Waals surface area contributed by atoms with Gasteiger partial charge in [0.15, 0.2) is 0 Å². The molecule has 0 aliphatic carbocycles. The second-order valence-electron chi connectivity index (χ2n) is 4.00. The lowest BCUT2D eigenvalue weighted by molar-refractivity contribution is 0.541. The quantitative estimate of drug-likeness (QED) is 0.688. The van der Waals surface area contributed by atoms with Crippen LogP contribution in [0.1, 0.15) is 11.4 Å². The van der Waals surface area contributed by atoms with Gasteiger partial charge in [-0.15, -0.1) is 11.8 Å². The summed E-state index contributed by atoms with van der Waals surface area (Å²) in [6, 6.07) is 4.14. The molecule has 0 aliphatic rings. The highest BCUT2D eigenvalue weighted by molar-refractivity contribution is 7.98. The molecule has 1 aromatic carbocycles. The van der Waals surface area contributed by atoms with E-state index >= 15 is 0 Å². The molecule has 3 nitrogen and oxygen atoms in total. The third-order valence-electron chi connectivity index (χ3n) is 2.48. The van der Waals surface area contributed by atoms with Gasteiger partial charge in [0.25, 0.3) is 0 Å². The van der Waals surface area contributed by atoms with Crippen LogP contribution in [0, 0.1) is 18.6 Å². The van der Waals surface area contributed by atoms with Gasteiger partial charge in [-0.05, 0) is 25.1 Å². The van der Waals surface area contributed by atoms with E-state index in [1.807, 2.05) is 13.0 Å². The molecule has 0 amide bonds. The molecule has 6 heteroatoms. The Balaban J connectivity index is 2.18. The van der Waals surface area contributed by atoms with Gasteiger partial charge >= 0.3 is 0 Å². The molecular weight excluding hydrogens is 256 g/mol. The Kier molecular flexibility index (Phi) is 3.56. The van der Waals surface area contributed by atoms with Crippen molar-refractivity contribution in [3.8, 4) is 0 Å². The third-order valence-corrected chi connectivity index (χ3v) is 3.60. The zero-order chi connectivity index (χ0) is 13.3. The van der Waals surface area contributed by atoms with Crippen LogP contribution in [-0.2, 0) is 12.8 Å². The van der Waals surface area contributed by atoms with Gasteiger partial charge in [-0.1, -0.05) is 0 Å². The normalized spacial score (nSPS) is 10.9. The summed E-state index contributed by atoms with van der Waals surface area (Å²) in [5.41, 5.74) is 7.24. The minimum atomic E-state index is -0.628. The fourth-order valence-electron chi connectivity index (χ4n) is 1.66. The summed E-state index contributed by atoms with van der Waals surface area (Å²) in [6.07, 6.45) is 0. The largest absolute Gasteiger partial charge is 0.399 e. The summed E-state index contributed by atoms with van der Waals surface area (Å²) in [5, 5.41) is 4.18. The number of hydrogen-bond acceptors (Lipinski definition) is 3. The number of nitrogen functional groups attached to an aromatic ring is 1. The summed E-state index contributed by atoms with van der Waals surface area (Å²) in [6.45, 7) is 1.87. The first-order valence-electron chi connectivity index (χ1n) is 5.34. The van der Waals surface area contributed by atoms with Crippen LogP contribution in [0.2, 0.25) is 0 Å². The highest BCUT2D eigenvalue weighted by atomic mass is 32.2. The van der Waals surface area contributed by atoms with Gasteiger partial charge in [0, 0.05) is 24.2 Å². The van der Waals surface area contributed by atoms with E-state index in [-0.39, 0.29) is 10.6 Å². The molecule has 0 spiro atoms. The lowest BCUT2D eigenvalue weighted by atomic mass is 10.3. The molecule has 0 saturated carbocycles. The van der Waals surface area contributed by atoms with Gasteiger partial charge in [-0.2, -0.15) is 5.10 Å². The monoisotopic (exact) mass is 269 g/mol.